The topological polar surface area (TPSA) is 61.3 Å². The number of guanidine groups is 1. The number of hydrogen-bond donors (Lipinski definition) is 3. The van der Waals surface area contributed by atoms with Crippen LogP contribution in [0, 0.1) is 5.92 Å². The van der Waals surface area contributed by atoms with E-state index in [-0.39, 0.29) is 24.0 Å². The lowest BCUT2D eigenvalue weighted by Crippen LogP contribution is -2.44. The number of nitrogens with one attached hydrogen (secondary N) is 3. The van der Waals surface area contributed by atoms with Crippen molar-refractivity contribution < 1.29 is 0 Å². The van der Waals surface area contributed by atoms with Gasteiger partial charge in [0.15, 0.2) is 5.96 Å². The van der Waals surface area contributed by atoms with Crippen molar-refractivity contribution in [2.45, 2.75) is 26.4 Å². The second kappa shape index (κ2) is 11.7. The minimum atomic E-state index is 0. The van der Waals surface area contributed by atoms with E-state index in [9.17, 15) is 0 Å². The highest BCUT2D eigenvalue weighted by atomic mass is 127. The molecule has 1 aromatic heterocycles. The molecule has 1 aromatic carbocycles. The van der Waals surface area contributed by atoms with Crippen LogP contribution in [0.15, 0.2) is 59.7 Å². The Labute approximate surface area is 167 Å². The molecule has 2 aromatic rings. The van der Waals surface area contributed by atoms with Crippen LogP contribution in [0.2, 0.25) is 0 Å². The highest BCUT2D eigenvalue weighted by molar-refractivity contribution is 14.0. The van der Waals surface area contributed by atoms with Gasteiger partial charge in [-0.1, -0.05) is 38.1 Å². The molecule has 0 radical (unpaired) electrons. The average Bonchev–Trinajstić information content (AvgIpc) is 2.62. The first-order chi connectivity index (χ1) is 11.7. The molecule has 0 aliphatic carbocycles. The van der Waals surface area contributed by atoms with E-state index in [1.54, 1.807) is 13.2 Å². The van der Waals surface area contributed by atoms with Gasteiger partial charge in [0.1, 0.15) is 0 Å². The SMILES string of the molecule is CN=C(NCc1ccccn1)NCC(Nc1ccccc1)C(C)C.I. The van der Waals surface area contributed by atoms with Crippen LogP contribution in [0.1, 0.15) is 19.5 Å². The Hall–Kier alpha value is -1.83. The number of nitrogens with zero attached hydrogens (tertiary/aromatic N) is 2. The summed E-state index contributed by atoms with van der Waals surface area (Å²) in [5.41, 5.74) is 2.12. The van der Waals surface area contributed by atoms with Gasteiger partial charge in [0, 0.05) is 31.5 Å². The molecule has 5 nitrogen and oxygen atoms in total. The van der Waals surface area contributed by atoms with Crippen molar-refractivity contribution in [2.75, 3.05) is 18.9 Å². The molecule has 136 valence electrons. The maximum absolute atomic E-state index is 4.31. The fourth-order valence-corrected chi connectivity index (χ4v) is 2.31. The molecule has 0 saturated carbocycles. The molecule has 1 heterocycles. The summed E-state index contributed by atoms with van der Waals surface area (Å²) < 4.78 is 0. The summed E-state index contributed by atoms with van der Waals surface area (Å²) in [5, 5.41) is 10.3. The van der Waals surface area contributed by atoms with E-state index in [4.69, 9.17) is 0 Å². The molecule has 0 aliphatic heterocycles. The Morgan fingerprint density at radius 1 is 1.04 bits per heavy atom. The van der Waals surface area contributed by atoms with Crippen molar-refractivity contribution >= 4 is 35.6 Å². The molecule has 1 atom stereocenters. The van der Waals surface area contributed by atoms with Gasteiger partial charge >= 0.3 is 0 Å². The van der Waals surface area contributed by atoms with Gasteiger partial charge in [0.2, 0.25) is 0 Å². The van der Waals surface area contributed by atoms with Crippen LogP contribution in [-0.4, -0.2) is 30.6 Å². The van der Waals surface area contributed by atoms with E-state index in [0.29, 0.717) is 18.5 Å². The lowest BCUT2D eigenvalue weighted by atomic mass is 10.0. The zero-order valence-corrected chi connectivity index (χ0v) is 17.4. The highest BCUT2D eigenvalue weighted by Crippen LogP contribution is 2.11. The molecule has 3 N–H and O–H groups in total. The number of anilines is 1. The number of rotatable bonds is 7. The Morgan fingerprint density at radius 3 is 2.36 bits per heavy atom. The quantitative estimate of drug-likeness (QED) is 0.341. The lowest BCUT2D eigenvalue weighted by Gasteiger charge is -2.25. The molecule has 0 amide bonds. The largest absolute Gasteiger partial charge is 0.380 e. The van der Waals surface area contributed by atoms with Gasteiger partial charge in [-0.25, -0.2) is 0 Å². The maximum atomic E-state index is 4.31. The van der Waals surface area contributed by atoms with Crippen molar-refractivity contribution in [2.24, 2.45) is 10.9 Å². The van der Waals surface area contributed by atoms with Crippen LogP contribution in [0.4, 0.5) is 5.69 Å². The normalized spacial score (nSPS) is 12.2. The van der Waals surface area contributed by atoms with E-state index in [1.165, 1.54) is 0 Å². The smallest absolute Gasteiger partial charge is 0.191 e. The third kappa shape index (κ3) is 7.72. The summed E-state index contributed by atoms with van der Waals surface area (Å²) >= 11 is 0. The van der Waals surface area contributed by atoms with Gasteiger partial charge in [-0.2, -0.15) is 0 Å². The summed E-state index contributed by atoms with van der Waals surface area (Å²) in [6, 6.07) is 16.5. The Bertz CT molecular complexity index is 616. The third-order valence-electron chi connectivity index (χ3n) is 3.81. The van der Waals surface area contributed by atoms with Crippen LogP contribution in [0.3, 0.4) is 0 Å². The van der Waals surface area contributed by atoms with Gasteiger partial charge in [0.25, 0.3) is 0 Å². The summed E-state index contributed by atoms with van der Waals surface area (Å²) in [6.07, 6.45) is 1.80. The number of halogens is 1. The minimum Gasteiger partial charge on any atom is -0.380 e. The summed E-state index contributed by atoms with van der Waals surface area (Å²) in [7, 11) is 1.78. The Balaban J connectivity index is 0.00000312. The van der Waals surface area contributed by atoms with Crippen molar-refractivity contribution in [3.8, 4) is 0 Å². The molecule has 25 heavy (non-hydrogen) atoms. The fourth-order valence-electron chi connectivity index (χ4n) is 2.31. The monoisotopic (exact) mass is 453 g/mol. The molecular formula is C19H28IN5. The molecule has 0 saturated heterocycles. The first-order valence-electron chi connectivity index (χ1n) is 8.35. The summed E-state index contributed by atoms with van der Waals surface area (Å²) in [4.78, 5) is 8.59. The van der Waals surface area contributed by atoms with E-state index in [0.717, 1.165) is 23.9 Å². The first kappa shape index (κ1) is 21.2. The lowest BCUT2D eigenvalue weighted by molar-refractivity contribution is 0.512. The fraction of sp³-hybridized carbons (Fsp3) is 0.368. The maximum Gasteiger partial charge on any atom is 0.191 e. The van der Waals surface area contributed by atoms with Gasteiger partial charge in [-0.05, 0) is 30.2 Å². The molecule has 1 unspecified atom stereocenters. The average molecular weight is 453 g/mol. The molecular weight excluding hydrogens is 425 g/mol. The molecule has 0 fully saturated rings. The van der Waals surface area contributed by atoms with Crippen LogP contribution in [0.25, 0.3) is 0 Å². The van der Waals surface area contributed by atoms with E-state index in [1.807, 2.05) is 36.4 Å². The summed E-state index contributed by atoms with van der Waals surface area (Å²) in [6.45, 7) is 5.87. The third-order valence-corrected chi connectivity index (χ3v) is 3.81. The van der Waals surface area contributed by atoms with Gasteiger partial charge in [-0.15, -0.1) is 24.0 Å². The first-order valence-corrected chi connectivity index (χ1v) is 8.35. The van der Waals surface area contributed by atoms with Crippen molar-refractivity contribution in [1.82, 2.24) is 15.6 Å². The predicted molar refractivity (Wildman–Crippen MR) is 117 cm³/mol. The van der Waals surface area contributed by atoms with Crippen molar-refractivity contribution in [3.63, 3.8) is 0 Å². The Kier molecular flexibility index (Phi) is 9.91. The van der Waals surface area contributed by atoms with Crippen molar-refractivity contribution in [1.29, 1.82) is 0 Å². The number of pyridine rings is 1. The van der Waals surface area contributed by atoms with Crippen LogP contribution >= 0.6 is 24.0 Å². The molecule has 0 bridgehead atoms. The number of aromatic nitrogens is 1. The predicted octanol–water partition coefficient (Wildman–Crippen LogP) is 3.50. The molecule has 6 heteroatoms. The van der Waals surface area contributed by atoms with Crippen LogP contribution < -0.4 is 16.0 Å². The number of aliphatic imine (C=N–C) groups is 1. The highest BCUT2D eigenvalue weighted by Gasteiger charge is 2.13. The zero-order chi connectivity index (χ0) is 17.2. The minimum absolute atomic E-state index is 0. The van der Waals surface area contributed by atoms with Crippen molar-refractivity contribution in [3.05, 3.63) is 60.4 Å². The molecule has 0 aliphatic rings. The second-order valence-electron chi connectivity index (χ2n) is 5.99. The number of hydrogen-bond acceptors (Lipinski definition) is 3. The molecule has 2 rings (SSSR count). The standard InChI is InChI=1S/C19H27N5.HI/c1-15(2)18(24-16-9-5-4-6-10-16)14-23-19(20-3)22-13-17-11-7-8-12-21-17;/h4-12,15,18,24H,13-14H2,1-3H3,(H2,20,22,23);1H. The molecule has 0 spiro atoms. The Morgan fingerprint density at radius 2 is 1.76 bits per heavy atom. The number of para-hydroxylation sites is 1. The van der Waals surface area contributed by atoms with Gasteiger partial charge in [0.05, 0.1) is 12.2 Å². The summed E-state index contributed by atoms with van der Waals surface area (Å²) in [5.74, 6) is 1.27. The van der Waals surface area contributed by atoms with Gasteiger partial charge < -0.3 is 16.0 Å². The second-order valence-corrected chi connectivity index (χ2v) is 5.99. The van der Waals surface area contributed by atoms with E-state index >= 15 is 0 Å². The van der Waals surface area contributed by atoms with E-state index < -0.39 is 0 Å². The van der Waals surface area contributed by atoms with Crippen LogP contribution in [0.5, 0.6) is 0 Å². The van der Waals surface area contributed by atoms with E-state index in [2.05, 4.69) is 51.9 Å². The van der Waals surface area contributed by atoms with Crippen LogP contribution in [-0.2, 0) is 6.54 Å². The van der Waals surface area contributed by atoms with Gasteiger partial charge in [-0.3, -0.25) is 9.98 Å². The zero-order valence-electron chi connectivity index (χ0n) is 15.1. The number of benzene rings is 1.